The van der Waals surface area contributed by atoms with Gasteiger partial charge in [0.05, 0.1) is 5.76 Å². The van der Waals surface area contributed by atoms with E-state index in [4.69, 9.17) is 9.40 Å². The first-order valence-corrected chi connectivity index (χ1v) is 17.0. The Labute approximate surface area is 294 Å². The van der Waals surface area contributed by atoms with Crippen LogP contribution in [0.1, 0.15) is 110 Å². The first-order chi connectivity index (χ1) is 21.8. The number of allylic oxidation sites excluding steroid dienone is 2. The van der Waals surface area contributed by atoms with E-state index in [0.29, 0.717) is 0 Å². The zero-order valence-corrected chi connectivity index (χ0v) is 32.1. The van der Waals surface area contributed by atoms with E-state index < -0.39 is 0 Å². The standard InChI is InChI=1S/C29H26NO.C13H24O2.Ir/c1-16-7-8-17-14-19-22(15-18(17)13-16)29(5,6)20-9-10-21(28(2,3)4)27-24(20)25-23(31-27)11-12-30-26(19)25;1-5-10(6-2)12(14)9-13(15)11(7-3)8-4;/h7-13,15H,1-6H3;9-11,14H,5-8H2,1-4H3;/q-1;;/b;12-9-;. The minimum absolute atomic E-state index is 0. The number of benzene rings is 3. The second-order valence-corrected chi connectivity index (χ2v) is 14.5. The molecule has 0 unspecified atom stereocenters. The summed E-state index contributed by atoms with van der Waals surface area (Å²) < 4.78 is 6.52. The summed E-state index contributed by atoms with van der Waals surface area (Å²) in [5.74, 6) is 0.547. The molecule has 4 nitrogen and oxygen atoms in total. The van der Waals surface area contributed by atoms with Gasteiger partial charge in [0.15, 0.2) is 5.78 Å². The number of hydrogen-bond acceptors (Lipinski definition) is 4. The Morgan fingerprint density at radius 2 is 1.60 bits per heavy atom. The maximum absolute atomic E-state index is 11.7. The number of aryl methyl sites for hydroxylation is 1. The third-order valence-electron chi connectivity index (χ3n) is 10.0. The van der Waals surface area contributed by atoms with Crippen LogP contribution in [0.25, 0.3) is 44.0 Å². The topological polar surface area (TPSA) is 63.3 Å². The van der Waals surface area contributed by atoms with E-state index in [9.17, 15) is 9.90 Å². The molecule has 5 heteroatoms. The van der Waals surface area contributed by atoms with Crippen molar-refractivity contribution < 1.29 is 34.4 Å². The number of carbonyl (C=O) groups is 1. The van der Waals surface area contributed by atoms with Gasteiger partial charge >= 0.3 is 0 Å². The van der Waals surface area contributed by atoms with Crippen molar-refractivity contribution in [1.29, 1.82) is 0 Å². The summed E-state index contributed by atoms with van der Waals surface area (Å²) in [5, 5.41) is 14.4. The van der Waals surface area contributed by atoms with Crippen LogP contribution in [0, 0.1) is 24.8 Å². The first kappa shape index (κ1) is 36.6. The molecule has 5 aromatic rings. The van der Waals surface area contributed by atoms with E-state index in [1.165, 1.54) is 39.1 Å². The van der Waals surface area contributed by atoms with E-state index in [2.05, 4.69) is 84.0 Å². The van der Waals surface area contributed by atoms with Crippen molar-refractivity contribution in [2.24, 2.45) is 11.8 Å². The monoisotopic (exact) mass is 809 g/mol. The van der Waals surface area contributed by atoms with Crippen molar-refractivity contribution in [3.05, 3.63) is 88.8 Å². The molecule has 6 rings (SSSR count). The number of pyridine rings is 1. The Hall–Kier alpha value is -3.27. The predicted molar refractivity (Wildman–Crippen MR) is 193 cm³/mol. The van der Waals surface area contributed by atoms with Gasteiger partial charge in [0, 0.05) is 66.2 Å². The molecule has 3 aromatic carbocycles. The summed E-state index contributed by atoms with van der Waals surface area (Å²) in [7, 11) is 0. The first-order valence-electron chi connectivity index (χ1n) is 17.0. The van der Waals surface area contributed by atoms with Crippen LogP contribution >= 0.6 is 0 Å². The zero-order valence-electron chi connectivity index (χ0n) is 29.7. The van der Waals surface area contributed by atoms with Crippen LogP contribution < -0.4 is 0 Å². The molecular formula is C42H50IrNO3-. The van der Waals surface area contributed by atoms with Crippen molar-refractivity contribution in [3.8, 4) is 11.3 Å². The fraction of sp³-hybridized carbons (Fsp3) is 0.429. The fourth-order valence-corrected chi connectivity index (χ4v) is 7.07. The molecule has 2 heterocycles. The quantitative estimate of drug-likeness (QED) is 0.101. The number of nitrogens with zero attached hydrogens (tertiary/aromatic N) is 1. The molecule has 0 bridgehead atoms. The zero-order chi connectivity index (χ0) is 33.6. The molecule has 0 spiro atoms. The van der Waals surface area contributed by atoms with Gasteiger partial charge in [-0.1, -0.05) is 109 Å². The molecule has 0 saturated carbocycles. The van der Waals surface area contributed by atoms with Gasteiger partial charge in [-0.15, -0.1) is 23.6 Å². The normalized spacial score (nSPS) is 13.9. The summed E-state index contributed by atoms with van der Waals surface area (Å²) in [6, 6.07) is 19.2. The Morgan fingerprint density at radius 1 is 0.936 bits per heavy atom. The molecule has 47 heavy (non-hydrogen) atoms. The fourth-order valence-electron chi connectivity index (χ4n) is 7.07. The minimum Gasteiger partial charge on any atom is -0.512 e. The van der Waals surface area contributed by atoms with Gasteiger partial charge in [-0.3, -0.25) is 9.78 Å². The summed E-state index contributed by atoms with van der Waals surface area (Å²) in [6.07, 6.45) is 6.77. The smallest absolute Gasteiger partial charge is 0.162 e. The largest absolute Gasteiger partial charge is 0.512 e. The number of ketones is 1. The van der Waals surface area contributed by atoms with Crippen LogP contribution in [0.4, 0.5) is 0 Å². The Kier molecular flexibility index (Phi) is 10.9. The second kappa shape index (κ2) is 14.1. The molecule has 0 saturated heterocycles. The Morgan fingerprint density at radius 3 is 2.21 bits per heavy atom. The van der Waals surface area contributed by atoms with E-state index in [0.717, 1.165) is 58.9 Å². The minimum atomic E-state index is -0.212. The van der Waals surface area contributed by atoms with Crippen molar-refractivity contribution in [2.45, 2.75) is 106 Å². The molecule has 1 N–H and O–H groups in total. The van der Waals surface area contributed by atoms with E-state index in [1.54, 1.807) is 0 Å². The second-order valence-electron chi connectivity index (χ2n) is 14.5. The molecule has 1 aliphatic rings. The van der Waals surface area contributed by atoms with Gasteiger partial charge in [-0.05, 0) is 55.1 Å². The summed E-state index contributed by atoms with van der Waals surface area (Å²) in [6.45, 7) is 21.6. The molecule has 0 atom stereocenters. The van der Waals surface area contributed by atoms with Crippen molar-refractivity contribution in [1.82, 2.24) is 4.98 Å². The number of furan rings is 1. The number of fused-ring (bicyclic) bond motifs is 3. The predicted octanol–water partition coefficient (Wildman–Crippen LogP) is 11.7. The number of aliphatic hydroxyl groups is 1. The van der Waals surface area contributed by atoms with Crippen LogP contribution in [0.5, 0.6) is 0 Å². The Bertz CT molecular complexity index is 1950. The number of carbonyl (C=O) groups excluding carboxylic acids is 1. The third-order valence-corrected chi connectivity index (χ3v) is 10.0. The number of aliphatic hydroxyl groups excluding tert-OH is 1. The van der Waals surface area contributed by atoms with Crippen LogP contribution in [0.2, 0.25) is 0 Å². The summed E-state index contributed by atoms with van der Waals surface area (Å²) in [4.78, 5) is 16.6. The molecule has 2 aromatic heterocycles. The van der Waals surface area contributed by atoms with Crippen molar-refractivity contribution in [2.75, 3.05) is 0 Å². The van der Waals surface area contributed by atoms with Gasteiger partial charge < -0.3 is 9.52 Å². The SMILES string of the molecule is CCC(CC)C(=O)/C=C(\O)C(CC)CC.Cc1ccc2[c-]c3c(cc2c1)C(C)(C)c1ccc(C(C)(C)C)c2oc4ccnc-3c4c12.[Ir]. The Balaban J connectivity index is 0.000000269. The molecule has 0 aliphatic heterocycles. The summed E-state index contributed by atoms with van der Waals surface area (Å²) >= 11 is 0. The average Bonchev–Trinajstić information content (AvgIpc) is 3.37. The number of hydrogen-bond donors (Lipinski definition) is 1. The van der Waals surface area contributed by atoms with E-state index in [1.807, 2.05) is 40.0 Å². The van der Waals surface area contributed by atoms with E-state index >= 15 is 0 Å². The van der Waals surface area contributed by atoms with Crippen LogP contribution in [-0.2, 0) is 35.7 Å². The van der Waals surface area contributed by atoms with Gasteiger partial charge in [0.1, 0.15) is 11.2 Å². The van der Waals surface area contributed by atoms with Gasteiger partial charge in [-0.25, -0.2) is 0 Å². The van der Waals surface area contributed by atoms with Gasteiger partial charge in [-0.2, -0.15) is 0 Å². The maximum Gasteiger partial charge on any atom is 0.162 e. The molecule has 251 valence electrons. The molecule has 0 amide bonds. The summed E-state index contributed by atoms with van der Waals surface area (Å²) in [5.41, 5.74) is 8.80. The van der Waals surface area contributed by atoms with Crippen molar-refractivity contribution >= 4 is 38.5 Å². The molecule has 1 aliphatic carbocycles. The van der Waals surface area contributed by atoms with Gasteiger partial charge in [0.2, 0.25) is 0 Å². The molecule has 0 fully saturated rings. The number of rotatable bonds is 7. The van der Waals surface area contributed by atoms with Crippen LogP contribution in [-0.4, -0.2) is 15.9 Å². The molecule has 1 radical (unpaired) electrons. The van der Waals surface area contributed by atoms with Crippen LogP contribution in [0.3, 0.4) is 0 Å². The molecular weight excluding hydrogens is 759 g/mol. The van der Waals surface area contributed by atoms with Crippen molar-refractivity contribution in [3.63, 3.8) is 0 Å². The van der Waals surface area contributed by atoms with E-state index in [-0.39, 0.29) is 54.3 Å². The van der Waals surface area contributed by atoms with Gasteiger partial charge in [0.25, 0.3) is 0 Å². The maximum atomic E-state index is 11.7. The average molecular weight is 809 g/mol. The third kappa shape index (κ3) is 6.72. The van der Waals surface area contributed by atoms with Crippen LogP contribution in [0.15, 0.2) is 64.9 Å². The number of aromatic nitrogens is 1.